The Morgan fingerprint density at radius 2 is 2.07 bits per heavy atom. The van der Waals surface area contributed by atoms with Gasteiger partial charge >= 0.3 is 0 Å². The number of hydrogen-bond donors (Lipinski definition) is 2. The summed E-state index contributed by atoms with van der Waals surface area (Å²) in [5.41, 5.74) is 0.571. The molecule has 9 heteroatoms. The lowest BCUT2D eigenvalue weighted by Gasteiger charge is -2.37. The summed E-state index contributed by atoms with van der Waals surface area (Å²) in [7, 11) is 0.435. The maximum atomic E-state index is 13.1. The Morgan fingerprint density at radius 3 is 2.63 bits per heavy atom. The van der Waals surface area contributed by atoms with Gasteiger partial charge < -0.3 is 19.6 Å². The number of benzene rings is 1. The van der Waals surface area contributed by atoms with Crippen molar-refractivity contribution >= 4 is 21.6 Å². The van der Waals surface area contributed by atoms with Crippen LogP contribution in [0.3, 0.4) is 0 Å². The molecule has 1 aromatic carbocycles. The van der Waals surface area contributed by atoms with Gasteiger partial charge in [-0.05, 0) is 39.2 Å². The van der Waals surface area contributed by atoms with E-state index in [0.717, 1.165) is 6.26 Å². The second kappa shape index (κ2) is 8.45. The van der Waals surface area contributed by atoms with Crippen molar-refractivity contribution in [1.82, 2.24) is 9.80 Å². The smallest absolute Gasteiger partial charge is 0.258 e. The van der Waals surface area contributed by atoms with Crippen molar-refractivity contribution in [2.45, 2.75) is 26.0 Å². The summed E-state index contributed by atoms with van der Waals surface area (Å²) in [6.45, 7) is 4.74. The van der Waals surface area contributed by atoms with Gasteiger partial charge in [-0.3, -0.25) is 9.52 Å². The van der Waals surface area contributed by atoms with Gasteiger partial charge in [0.05, 0.1) is 24.5 Å². The molecule has 0 spiro atoms. The van der Waals surface area contributed by atoms with E-state index in [1.165, 1.54) is 6.07 Å². The Bertz CT molecular complexity index is 781. The highest BCUT2D eigenvalue weighted by Gasteiger charge is 2.33. The van der Waals surface area contributed by atoms with Gasteiger partial charge in [-0.2, -0.15) is 0 Å². The van der Waals surface area contributed by atoms with Crippen LogP contribution in [0, 0.1) is 5.92 Å². The molecular formula is C18H29N3O5S. The van der Waals surface area contributed by atoms with Crippen LogP contribution in [0.25, 0.3) is 0 Å². The molecule has 0 aliphatic carbocycles. The Kier molecular flexibility index (Phi) is 6.72. The number of ether oxygens (including phenoxy) is 1. The van der Waals surface area contributed by atoms with Crippen molar-refractivity contribution in [2.24, 2.45) is 5.92 Å². The summed E-state index contributed by atoms with van der Waals surface area (Å²) in [4.78, 5) is 16.8. The molecule has 1 heterocycles. The van der Waals surface area contributed by atoms with Crippen LogP contribution in [0.5, 0.6) is 5.75 Å². The maximum absolute atomic E-state index is 13.1. The summed E-state index contributed by atoms with van der Waals surface area (Å²) >= 11 is 0. The zero-order valence-corrected chi connectivity index (χ0v) is 17.3. The van der Waals surface area contributed by atoms with Crippen molar-refractivity contribution in [3.8, 4) is 5.75 Å². The van der Waals surface area contributed by atoms with Gasteiger partial charge in [0.25, 0.3) is 5.91 Å². The monoisotopic (exact) mass is 399 g/mol. The second-order valence-electron chi connectivity index (χ2n) is 7.47. The van der Waals surface area contributed by atoms with Crippen molar-refractivity contribution in [3.63, 3.8) is 0 Å². The third-order valence-corrected chi connectivity index (χ3v) is 5.12. The lowest BCUT2D eigenvalue weighted by atomic mass is 9.99. The van der Waals surface area contributed by atoms with Crippen molar-refractivity contribution < 1.29 is 23.1 Å². The zero-order chi connectivity index (χ0) is 20.4. The van der Waals surface area contributed by atoms with E-state index in [1.807, 2.05) is 25.9 Å². The molecule has 8 nitrogen and oxygen atoms in total. The number of aliphatic hydroxyl groups excluding tert-OH is 1. The van der Waals surface area contributed by atoms with Crippen LogP contribution in [-0.2, 0) is 10.0 Å². The molecule has 1 amide bonds. The van der Waals surface area contributed by atoms with E-state index in [0.29, 0.717) is 24.5 Å². The lowest BCUT2D eigenvalue weighted by molar-refractivity contribution is 0.0363. The van der Waals surface area contributed by atoms with Gasteiger partial charge in [-0.25, -0.2) is 8.42 Å². The average molecular weight is 400 g/mol. The predicted molar refractivity (Wildman–Crippen MR) is 105 cm³/mol. The Labute approximate surface area is 161 Å². The molecule has 0 bridgehead atoms. The van der Waals surface area contributed by atoms with Crippen LogP contribution >= 0.6 is 0 Å². The lowest BCUT2D eigenvalue weighted by Crippen LogP contribution is -2.49. The third kappa shape index (κ3) is 5.57. The predicted octanol–water partition coefficient (Wildman–Crippen LogP) is 0.840. The minimum absolute atomic E-state index is 0.0484. The molecule has 0 radical (unpaired) electrons. The van der Waals surface area contributed by atoms with Crippen LogP contribution in [0.1, 0.15) is 24.2 Å². The molecule has 3 atom stereocenters. The molecule has 0 fully saturated rings. The minimum atomic E-state index is -3.47. The fourth-order valence-electron chi connectivity index (χ4n) is 3.08. The summed E-state index contributed by atoms with van der Waals surface area (Å²) in [6, 6.07) is 4.31. The second-order valence-corrected chi connectivity index (χ2v) is 9.22. The molecule has 152 valence electrons. The highest BCUT2D eigenvalue weighted by Crippen LogP contribution is 2.30. The fraction of sp³-hybridized carbons (Fsp3) is 0.611. The van der Waals surface area contributed by atoms with E-state index >= 15 is 0 Å². The Balaban J connectivity index is 2.51. The summed E-state index contributed by atoms with van der Waals surface area (Å²) in [5.74, 6) is 0.166. The molecule has 1 aromatic rings. The first-order chi connectivity index (χ1) is 12.5. The first-order valence-corrected chi connectivity index (χ1v) is 10.8. The number of hydrogen-bond acceptors (Lipinski definition) is 6. The molecule has 0 unspecified atom stereocenters. The molecule has 27 heavy (non-hydrogen) atoms. The number of anilines is 1. The Morgan fingerprint density at radius 1 is 1.41 bits per heavy atom. The van der Waals surface area contributed by atoms with E-state index in [2.05, 4.69) is 4.72 Å². The van der Waals surface area contributed by atoms with Gasteiger partial charge in [0.1, 0.15) is 11.9 Å². The zero-order valence-electron chi connectivity index (χ0n) is 16.5. The summed E-state index contributed by atoms with van der Waals surface area (Å²) < 4.78 is 31.6. The molecule has 0 saturated carbocycles. The number of likely N-dealkylation sites (N-methyl/N-ethyl adjacent to an activating group) is 1. The quantitative estimate of drug-likeness (QED) is 0.735. The molecule has 2 rings (SSSR count). The maximum Gasteiger partial charge on any atom is 0.258 e. The highest BCUT2D eigenvalue weighted by atomic mass is 32.2. The SMILES string of the molecule is C[C@@H]1CN([C@@H](C)CO)C(=O)c2cc(NS(C)(=O)=O)ccc2O[C@H]1CN(C)C. The van der Waals surface area contributed by atoms with Crippen molar-refractivity contribution in [3.05, 3.63) is 23.8 Å². The molecular weight excluding hydrogens is 370 g/mol. The van der Waals surface area contributed by atoms with Crippen LogP contribution < -0.4 is 9.46 Å². The normalized spacial score (nSPS) is 21.9. The van der Waals surface area contributed by atoms with Gasteiger partial charge in [0, 0.05) is 24.7 Å². The number of nitrogens with one attached hydrogen (secondary N) is 1. The van der Waals surface area contributed by atoms with Crippen LogP contribution in [0.2, 0.25) is 0 Å². The first-order valence-electron chi connectivity index (χ1n) is 8.87. The largest absolute Gasteiger partial charge is 0.488 e. The number of carbonyl (C=O) groups excluding carboxylic acids is 1. The van der Waals surface area contributed by atoms with Gasteiger partial charge in [-0.15, -0.1) is 0 Å². The van der Waals surface area contributed by atoms with Crippen LogP contribution in [-0.4, -0.2) is 81.4 Å². The van der Waals surface area contributed by atoms with E-state index < -0.39 is 10.0 Å². The molecule has 0 saturated heterocycles. The summed E-state index contributed by atoms with van der Waals surface area (Å²) in [6.07, 6.45) is 0.894. The van der Waals surface area contributed by atoms with Crippen LogP contribution in [0.15, 0.2) is 18.2 Å². The van der Waals surface area contributed by atoms with Gasteiger partial charge in [0.2, 0.25) is 10.0 Å². The average Bonchev–Trinajstić information content (AvgIpc) is 2.56. The number of fused-ring (bicyclic) bond motifs is 1. The minimum Gasteiger partial charge on any atom is -0.488 e. The number of aliphatic hydroxyl groups is 1. The van der Waals surface area contributed by atoms with Gasteiger partial charge in [-0.1, -0.05) is 6.92 Å². The molecule has 2 N–H and O–H groups in total. The summed E-state index contributed by atoms with van der Waals surface area (Å²) in [5, 5.41) is 9.59. The number of nitrogens with zero attached hydrogens (tertiary/aromatic N) is 2. The molecule has 1 aliphatic heterocycles. The molecule has 1 aliphatic rings. The number of amides is 1. The van der Waals surface area contributed by atoms with E-state index in [-0.39, 0.29) is 36.1 Å². The number of carbonyl (C=O) groups is 1. The first kappa shape index (κ1) is 21.5. The third-order valence-electron chi connectivity index (χ3n) is 4.51. The highest BCUT2D eigenvalue weighted by molar-refractivity contribution is 7.92. The van der Waals surface area contributed by atoms with E-state index in [4.69, 9.17) is 4.74 Å². The Hall–Kier alpha value is -1.84. The van der Waals surface area contributed by atoms with Gasteiger partial charge in [0.15, 0.2) is 0 Å². The topological polar surface area (TPSA) is 99.2 Å². The molecule has 0 aromatic heterocycles. The fourth-order valence-corrected chi connectivity index (χ4v) is 3.63. The number of sulfonamides is 1. The van der Waals surface area contributed by atoms with E-state index in [1.54, 1.807) is 24.0 Å². The van der Waals surface area contributed by atoms with Crippen LogP contribution in [0.4, 0.5) is 5.69 Å². The van der Waals surface area contributed by atoms with Crippen molar-refractivity contribution in [1.29, 1.82) is 0 Å². The van der Waals surface area contributed by atoms with Crippen molar-refractivity contribution in [2.75, 3.05) is 44.8 Å². The standard InChI is InChI=1S/C18H29N3O5S/c1-12-9-21(13(2)11-22)18(23)15-8-14(19-27(5,24)25)6-7-16(15)26-17(12)10-20(3)4/h6-8,12-13,17,19,22H,9-11H2,1-5H3/t12-,13+,17+/m1/s1. The number of rotatable bonds is 6. The van der Waals surface area contributed by atoms with E-state index in [9.17, 15) is 18.3 Å².